The standard InChI is InChI=1S/C26H31N5O6S2/c1-5-17(6-2)24-27-15(4)22-25(32)28-23(29-31(22)24)19-13-18(8-9-21(19)37-7-3)39(35,36)30-20(26(33)34)12-16-10-11-38-14-16/h8-11,13-14,17,20,30H,5-7,12H2,1-4H3,(H,33,34)(H,28,29,32)/t20-/m0/s1. The van der Waals surface area contributed by atoms with E-state index in [-0.39, 0.29) is 35.2 Å². The van der Waals surface area contributed by atoms with Crippen molar-refractivity contribution in [2.75, 3.05) is 6.61 Å². The Balaban J connectivity index is 1.82. The number of carboxylic acid groups (broad SMARTS) is 1. The van der Waals surface area contributed by atoms with Crippen LogP contribution >= 0.6 is 11.3 Å². The average Bonchev–Trinajstić information content (AvgIpc) is 3.52. The van der Waals surface area contributed by atoms with Gasteiger partial charge in [0, 0.05) is 12.3 Å². The average molecular weight is 574 g/mol. The number of aromatic nitrogens is 4. The van der Waals surface area contributed by atoms with Gasteiger partial charge >= 0.3 is 5.97 Å². The first kappa shape index (κ1) is 28.5. The highest BCUT2D eigenvalue weighted by Gasteiger charge is 2.28. The van der Waals surface area contributed by atoms with Gasteiger partial charge in [-0.1, -0.05) is 13.8 Å². The Morgan fingerprint density at radius 1 is 1.23 bits per heavy atom. The Labute approximate surface area is 229 Å². The van der Waals surface area contributed by atoms with Gasteiger partial charge in [0.2, 0.25) is 10.0 Å². The second-order valence-electron chi connectivity index (χ2n) is 9.07. The van der Waals surface area contributed by atoms with E-state index >= 15 is 0 Å². The molecule has 13 heteroatoms. The third-order valence-corrected chi connectivity index (χ3v) is 8.68. The molecule has 1 aromatic carbocycles. The van der Waals surface area contributed by atoms with E-state index in [9.17, 15) is 23.1 Å². The van der Waals surface area contributed by atoms with Gasteiger partial charge in [0.15, 0.2) is 11.3 Å². The number of aromatic amines is 1. The minimum atomic E-state index is -4.27. The van der Waals surface area contributed by atoms with Gasteiger partial charge in [0.25, 0.3) is 5.56 Å². The number of aliphatic carboxylic acids is 1. The van der Waals surface area contributed by atoms with Crippen molar-refractivity contribution in [2.24, 2.45) is 0 Å². The van der Waals surface area contributed by atoms with Crippen molar-refractivity contribution < 1.29 is 23.1 Å². The first-order valence-corrected chi connectivity index (χ1v) is 15.0. The van der Waals surface area contributed by atoms with E-state index < -0.39 is 27.6 Å². The summed E-state index contributed by atoms with van der Waals surface area (Å²) in [6.07, 6.45) is 1.60. The molecule has 0 radical (unpaired) electrons. The lowest BCUT2D eigenvalue weighted by Crippen LogP contribution is -2.42. The molecule has 0 spiro atoms. The van der Waals surface area contributed by atoms with E-state index in [1.807, 2.05) is 13.8 Å². The summed E-state index contributed by atoms with van der Waals surface area (Å²) in [5.41, 5.74) is 1.40. The van der Waals surface area contributed by atoms with Crippen LogP contribution in [0.3, 0.4) is 0 Å². The maximum Gasteiger partial charge on any atom is 0.322 e. The van der Waals surface area contributed by atoms with Crippen molar-refractivity contribution >= 4 is 32.8 Å². The van der Waals surface area contributed by atoms with Gasteiger partial charge in [0.1, 0.15) is 17.6 Å². The molecule has 11 nitrogen and oxygen atoms in total. The largest absolute Gasteiger partial charge is 0.493 e. The molecule has 0 saturated heterocycles. The highest BCUT2D eigenvalue weighted by atomic mass is 32.2. The van der Waals surface area contributed by atoms with Crippen LogP contribution in [-0.4, -0.2) is 51.7 Å². The van der Waals surface area contributed by atoms with Gasteiger partial charge in [-0.25, -0.2) is 17.9 Å². The summed E-state index contributed by atoms with van der Waals surface area (Å²) in [6, 6.07) is 4.49. The lowest BCUT2D eigenvalue weighted by molar-refractivity contribution is -0.138. The summed E-state index contributed by atoms with van der Waals surface area (Å²) in [7, 11) is -4.27. The molecule has 3 N–H and O–H groups in total. The number of nitrogens with one attached hydrogen (secondary N) is 2. The van der Waals surface area contributed by atoms with Crippen LogP contribution in [0.15, 0.2) is 44.7 Å². The molecule has 1 atom stereocenters. The molecule has 0 unspecified atom stereocenters. The van der Waals surface area contributed by atoms with E-state index in [1.54, 1.807) is 30.7 Å². The predicted molar refractivity (Wildman–Crippen MR) is 148 cm³/mol. The van der Waals surface area contributed by atoms with Gasteiger partial charge in [-0.3, -0.25) is 9.59 Å². The number of carbonyl (C=O) groups is 1. The van der Waals surface area contributed by atoms with Gasteiger partial charge in [-0.2, -0.15) is 16.1 Å². The molecule has 4 aromatic rings. The summed E-state index contributed by atoms with van der Waals surface area (Å²) >= 11 is 1.40. The lowest BCUT2D eigenvalue weighted by Gasteiger charge is -2.16. The molecule has 3 aromatic heterocycles. The molecular weight excluding hydrogens is 542 g/mol. The fraction of sp³-hybridized carbons (Fsp3) is 0.385. The molecule has 39 heavy (non-hydrogen) atoms. The quantitative estimate of drug-likeness (QED) is 0.231. The molecule has 0 saturated carbocycles. The number of nitrogens with zero attached hydrogens (tertiary/aromatic N) is 3. The smallest absolute Gasteiger partial charge is 0.322 e. The number of thiophene rings is 1. The topological polar surface area (TPSA) is 156 Å². The van der Waals surface area contributed by atoms with E-state index in [0.717, 1.165) is 12.8 Å². The van der Waals surface area contributed by atoms with Gasteiger partial charge in [-0.15, -0.1) is 5.10 Å². The summed E-state index contributed by atoms with van der Waals surface area (Å²) in [5, 5.41) is 17.9. The number of fused-ring (bicyclic) bond motifs is 1. The third kappa shape index (κ3) is 5.89. The predicted octanol–water partition coefficient (Wildman–Crippen LogP) is 3.73. The van der Waals surface area contributed by atoms with Crippen LogP contribution in [0, 0.1) is 6.92 Å². The molecule has 3 heterocycles. The maximum atomic E-state index is 13.3. The third-order valence-electron chi connectivity index (χ3n) is 6.48. The number of hydrogen-bond donors (Lipinski definition) is 3. The second kappa shape index (κ2) is 11.7. The highest BCUT2D eigenvalue weighted by Crippen LogP contribution is 2.31. The molecule has 0 amide bonds. The van der Waals surface area contributed by atoms with Crippen LogP contribution < -0.4 is 15.0 Å². The van der Waals surface area contributed by atoms with Crippen molar-refractivity contribution in [1.29, 1.82) is 0 Å². The van der Waals surface area contributed by atoms with E-state index in [2.05, 4.69) is 19.8 Å². The number of carboxylic acids is 1. The molecular formula is C26H31N5O6S2. The van der Waals surface area contributed by atoms with Crippen molar-refractivity contribution in [1.82, 2.24) is 24.3 Å². The van der Waals surface area contributed by atoms with Crippen LogP contribution in [0.4, 0.5) is 0 Å². The van der Waals surface area contributed by atoms with Crippen LogP contribution in [0.1, 0.15) is 56.6 Å². The molecule has 0 aliphatic rings. The molecule has 0 bridgehead atoms. The lowest BCUT2D eigenvalue weighted by atomic mass is 10.0. The normalized spacial score (nSPS) is 12.7. The van der Waals surface area contributed by atoms with Crippen LogP contribution in [0.5, 0.6) is 5.75 Å². The second-order valence-corrected chi connectivity index (χ2v) is 11.6. The molecule has 0 fully saturated rings. The number of sulfonamides is 1. The number of H-pyrrole nitrogens is 1. The Morgan fingerprint density at radius 3 is 2.59 bits per heavy atom. The van der Waals surface area contributed by atoms with E-state index in [4.69, 9.17) is 4.74 Å². The van der Waals surface area contributed by atoms with E-state index in [1.165, 1.54) is 34.1 Å². The number of rotatable bonds is 12. The Bertz CT molecular complexity index is 1640. The Kier molecular flexibility index (Phi) is 8.52. The van der Waals surface area contributed by atoms with Crippen LogP contribution in [0.2, 0.25) is 0 Å². The first-order chi connectivity index (χ1) is 18.6. The summed E-state index contributed by atoms with van der Waals surface area (Å²) in [6.45, 7) is 7.89. The summed E-state index contributed by atoms with van der Waals surface area (Å²) in [4.78, 5) is 32.2. The summed E-state index contributed by atoms with van der Waals surface area (Å²) in [5.74, 6) is -0.150. The zero-order chi connectivity index (χ0) is 28.3. The number of ether oxygens (including phenoxy) is 1. The van der Waals surface area contributed by atoms with E-state index in [0.29, 0.717) is 28.3 Å². The van der Waals surface area contributed by atoms with Crippen LogP contribution in [-0.2, 0) is 21.2 Å². The monoisotopic (exact) mass is 573 g/mol. The molecule has 208 valence electrons. The summed E-state index contributed by atoms with van der Waals surface area (Å²) < 4.78 is 36.2. The number of imidazole rings is 1. The number of aryl methyl sites for hydroxylation is 1. The molecule has 4 rings (SSSR count). The van der Waals surface area contributed by atoms with Crippen molar-refractivity contribution in [2.45, 2.75) is 63.8 Å². The van der Waals surface area contributed by atoms with Gasteiger partial charge in [0.05, 0.1) is 22.8 Å². The number of benzene rings is 1. The first-order valence-electron chi connectivity index (χ1n) is 12.6. The SMILES string of the molecule is CCOc1ccc(S(=O)(=O)N[C@@H](Cc2ccsc2)C(=O)O)cc1-c1nn2c(C(CC)CC)nc(C)c2c(=O)[nH]1. The fourth-order valence-corrected chi connectivity index (χ4v) is 6.35. The highest BCUT2D eigenvalue weighted by molar-refractivity contribution is 7.89. The number of hydrogen-bond acceptors (Lipinski definition) is 8. The van der Waals surface area contributed by atoms with Crippen LogP contribution in [0.25, 0.3) is 16.9 Å². The van der Waals surface area contributed by atoms with Gasteiger partial charge in [-0.05, 0) is 67.3 Å². The van der Waals surface area contributed by atoms with Crippen molar-refractivity contribution in [3.63, 3.8) is 0 Å². The molecule has 0 aliphatic heterocycles. The maximum absolute atomic E-state index is 13.3. The molecule has 0 aliphatic carbocycles. The Hall–Kier alpha value is -3.55. The van der Waals surface area contributed by atoms with Crippen molar-refractivity contribution in [3.05, 3.63) is 62.5 Å². The fourth-order valence-electron chi connectivity index (χ4n) is 4.45. The zero-order valence-corrected chi connectivity index (χ0v) is 23.7. The zero-order valence-electron chi connectivity index (χ0n) is 22.1. The van der Waals surface area contributed by atoms with Gasteiger partial charge < -0.3 is 14.8 Å². The Morgan fingerprint density at radius 2 is 1.97 bits per heavy atom. The van der Waals surface area contributed by atoms with Crippen molar-refractivity contribution in [3.8, 4) is 17.1 Å². The minimum Gasteiger partial charge on any atom is -0.493 e. The minimum absolute atomic E-state index is 0.00767.